The van der Waals surface area contributed by atoms with Crippen molar-refractivity contribution in [3.63, 3.8) is 0 Å². The normalized spacial score (nSPS) is 11.8. The van der Waals surface area contributed by atoms with Crippen LogP contribution < -0.4 is 0 Å². The molecule has 0 aromatic carbocycles. The average Bonchev–Trinajstić information content (AvgIpc) is 2.03. The van der Waals surface area contributed by atoms with Gasteiger partial charge in [0.15, 0.2) is 0 Å². The first-order valence-corrected chi connectivity index (χ1v) is 4.61. The Morgan fingerprint density at radius 3 is 2.58 bits per heavy atom. The molecule has 0 fully saturated rings. The Hall–Kier alpha value is -0.500. The fourth-order valence-electron chi connectivity index (χ4n) is 0.820. The van der Waals surface area contributed by atoms with Crippen LogP contribution in [0.1, 0.15) is 27.2 Å². The Balaban J connectivity index is 3.19. The van der Waals surface area contributed by atoms with Gasteiger partial charge in [-0.1, -0.05) is 6.08 Å². The van der Waals surface area contributed by atoms with E-state index in [0.29, 0.717) is 6.04 Å². The van der Waals surface area contributed by atoms with Gasteiger partial charge in [-0.05, 0) is 34.2 Å². The lowest BCUT2D eigenvalue weighted by molar-refractivity contribution is 0.204. The molecular formula is C10H21NO. The van der Waals surface area contributed by atoms with Gasteiger partial charge in [-0.25, -0.2) is 0 Å². The highest BCUT2D eigenvalue weighted by Gasteiger charge is 2.00. The van der Waals surface area contributed by atoms with Crippen molar-refractivity contribution in [2.45, 2.75) is 33.2 Å². The molecule has 0 aromatic heterocycles. The van der Waals surface area contributed by atoms with E-state index in [0.717, 1.165) is 19.6 Å². The third-order valence-electron chi connectivity index (χ3n) is 1.89. The number of hydrogen-bond donors (Lipinski definition) is 0. The third kappa shape index (κ3) is 6.23. The van der Waals surface area contributed by atoms with Gasteiger partial charge in [-0.15, -0.1) is 0 Å². The second kappa shape index (κ2) is 7.17. The van der Waals surface area contributed by atoms with Crippen LogP contribution >= 0.6 is 0 Å². The third-order valence-corrected chi connectivity index (χ3v) is 1.89. The quantitative estimate of drug-likeness (QED) is 0.449. The highest BCUT2D eigenvalue weighted by molar-refractivity contribution is 4.65. The van der Waals surface area contributed by atoms with Crippen LogP contribution in [-0.4, -0.2) is 31.1 Å². The van der Waals surface area contributed by atoms with Crippen molar-refractivity contribution >= 4 is 0 Å². The topological polar surface area (TPSA) is 12.5 Å². The van der Waals surface area contributed by atoms with E-state index in [9.17, 15) is 0 Å². The van der Waals surface area contributed by atoms with Gasteiger partial charge < -0.3 is 9.64 Å². The monoisotopic (exact) mass is 171 g/mol. The minimum absolute atomic E-state index is 0.631. The van der Waals surface area contributed by atoms with Crippen LogP contribution in [0, 0.1) is 0 Å². The van der Waals surface area contributed by atoms with Gasteiger partial charge in [0, 0.05) is 12.6 Å². The summed E-state index contributed by atoms with van der Waals surface area (Å²) in [7, 11) is 2.14. The molecule has 2 nitrogen and oxygen atoms in total. The van der Waals surface area contributed by atoms with Crippen molar-refractivity contribution in [3.8, 4) is 0 Å². The lowest BCUT2D eigenvalue weighted by Gasteiger charge is -2.20. The highest BCUT2D eigenvalue weighted by Crippen LogP contribution is 1.95. The number of ether oxygens (including phenoxy) is 1. The fraction of sp³-hybridized carbons (Fsp3) is 0.800. The van der Waals surface area contributed by atoms with Gasteiger partial charge in [0.25, 0.3) is 0 Å². The Morgan fingerprint density at radius 1 is 1.42 bits per heavy atom. The van der Waals surface area contributed by atoms with Gasteiger partial charge >= 0.3 is 0 Å². The van der Waals surface area contributed by atoms with Crippen LogP contribution in [0.4, 0.5) is 0 Å². The maximum atomic E-state index is 5.21. The SMILES string of the molecule is CC=COCCCN(C)C(C)C. The second-order valence-electron chi connectivity index (χ2n) is 3.27. The van der Waals surface area contributed by atoms with E-state index in [1.165, 1.54) is 0 Å². The van der Waals surface area contributed by atoms with Crippen LogP contribution in [0.15, 0.2) is 12.3 Å². The summed E-state index contributed by atoms with van der Waals surface area (Å²) in [6.45, 7) is 8.29. The Bertz CT molecular complexity index is 121. The zero-order valence-electron chi connectivity index (χ0n) is 8.71. The molecule has 0 aliphatic rings. The van der Waals surface area contributed by atoms with Crippen LogP contribution in [0.25, 0.3) is 0 Å². The summed E-state index contributed by atoms with van der Waals surface area (Å²) in [5, 5.41) is 0. The average molecular weight is 171 g/mol. The minimum Gasteiger partial charge on any atom is -0.501 e. The molecule has 0 amide bonds. The van der Waals surface area contributed by atoms with Gasteiger partial charge in [0.2, 0.25) is 0 Å². The predicted molar refractivity (Wildman–Crippen MR) is 53.1 cm³/mol. The maximum absolute atomic E-state index is 5.21. The van der Waals surface area contributed by atoms with E-state index in [1.807, 2.05) is 13.0 Å². The molecule has 0 saturated heterocycles. The summed E-state index contributed by atoms with van der Waals surface area (Å²) in [4.78, 5) is 2.32. The zero-order chi connectivity index (χ0) is 9.40. The summed E-state index contributed by atoms with van der Waals surface area (Å²) in [6.07, 6.45) is 4.75. The first-order valence-electron chi connectivity index (χ1n) is 4.61. The lowest BCUT2D eigenvalue weighted by Crippen LogP contribution is -2.27. The summed E-state index contributed by atoms with van der Waals surface area (Å²) in [6, 6.07) is 0.631. The summed E-state index contributed by atoms with van der Waals surface area (Å²) < 4.78 is 5.21. The van der Waals surface area contributed by atoms with E-state index in [2.05, 4.69) is 25.8 Å². The Labute approximate surface area is 76.2 Å². The smallest absolute Gasteiger partial charge is 0.0885 e. The molecule has 0 spiro atoms. The molecule has 0 aliphatic heterocycles. The first-order chi connectivity index (χ1) is 5.68. The number of nitrogens with zero attached hydrogens (tertiary/aromatic N) is 1. The lowest BCUT2D eigenvalue weighted by atomic mass is 10.3. The van der Waals surface area contributed by atoms with Crippen LogP contribution in [-0.2, 0) is 4.74 Å². The fourth-order valence-corrected chi connectivity index (χ4v) is 0.820. The van der Waals surface area contributed by atoms with Crippen molar-refractivity contribution in [2.24, 2.45) is 0 Å². The summed E-state index contributed by atoms with van der Waals surface area (Å²) >= 11 is 0. The van der Waals surface area contributed by atoms with Crippen molar-refractivity contribution in [1.29, 1.82) is 0 Å². The Kier molecular flexibility index (Phi) is 6.87. The molecule has 0 atom stereocenters. The van der Waals surface area contributed by atoms with Gasteiger partial charge in [0.05, 0.1) is 12.9 Å². The molecule has 72 valence electrons. The van der Waals surface area contributed by atoms with E-state index >= 15 is 0 Å². The molecule has 0 N–H and O–H groups in total. The first kappa shape index (κ1) is 11.5. The zero-order valence-corrected chi connectivity index (χ0v) is 8.71. The number of rotatable bonds is 6. The molecule has 0 radical (unpaired) electrons. The standard InChI is InChI=1S/C10H21NO/c1-5-8-12-9-6-7-11(4)10(2)3/h5,8,10H,6-7,9H2,1-4H3. The van der Waals surface area contributed by atoms with Gasteiger partial charge in [-0.2, -0.15) is 0 Å². The highest BCUT2D eigenvalue weighted by atomic mass is 16.5. The van der Waals surface area contributed by atoms with E-state index < -0.39 is 0 Å². The predicted octanol–water partition coefficient (Wildman–Crippen LogP) is 2.27. The van der Waals surface area contributed by atoms with Crippen molar-refractivity contribution in [2.75, 3.05) is 20.2 Å². The second-order valence-corrected chi connectivity index (χ2v) is 3.27. The molecule has 0 heterocycles. The molecule has 0 aliphatic carbocycles. The molecule has 0 aromatic rings. The molecule has 0 bridgehead atoms. The molecular weight excluding hydrogens is 150 g/mol. The Morgan fingerprint density at radius 2 is 2.08 bits per heavy atom. The summed E-state index contributed by atoms with van der Waals surface area (Å²) in [5.74, 6) is 0. The largest absolute Gasteiger partial charge is 0.501 e. The van der Waals surface area contributed by atoms with Gasteiger partial charge in [-0.3, -0.25) is 0 Å². The summed E-state index contributed by atoms with van der Waals surface area (Å²) in [5.41, 5.74) is 0. The van der Waals surface area contributed by atoms with Crippen molar-refractivity contribution in [3.05, 3.63) is 12.3 Å². The molecule has 2 heteroatoms. The van der Waals surface area contributed by atoms with Gasteiger partial charge in [0.1, 0.15) is 0 Å². The molecule has 0 unspecified atom stereocenters. The molecule has 0 saturated carbocycles. The van der Waals surface area contributed by atoms with Crippen LogP contribution in [0.2, 0.25) is 0 Å². The van der Waals surface area contributed by atoms with E-state index in [-0.39, 0.29) is 0 Å². The number of hydrogen-bond acceptors (Lipinski definition) is 2. The van der Waals surface area contributed by atoms with Crippen LogP contribution in [0.3, 0.4) is 0 Å². The molecule has 0 rings (SSSR count). The minimum atomic E-state index is 0.631. The van der Waals surface area contributed by atoms with Crippen molar-refractivity contribution < 1.29 is 4.74 Å². The molecule has 12 heavy (non-hydrogen) atoms. The van der Waals surface area contributed by atoms with Crippen molar-refractivity contribution in [1.82, 2.24) is 4.90 Å². The van der Waals surface area contributed by atoms with E-state index in [4.69, 9.17) is 4.74 Å². The van der Waals surface area contributed by atoms with Crippen LogP contribution in [0.5, 0.6) is 0 Å². The van der Waals surface area contributed by atoms with E-state index in [1.54, 1.807) is 6.26 Å². The number of allylic oxidation sites excluding steroid dienone is 1. The maximum Gasteiger partial charge on any atom is 0.0885 e.